The van der Waals surface area contributed by atoms with Gasteiger partial charge in [-0.1, -0.05) is 62.6 Å². The lowest BCUT2D eigenvalue weighted by molar-refractivity contribution is -0.149. The molecule has 0 radical (unpaired) electrons. The smallest absolute Gasteiger partial charge is 0.344 e. The van der Waals surface area contributed by atoms with Crippen LogP contribution in [-0.4, -0.2) is 78.7 Å². The number of carbonyl (C=O) groups is 4. The molecule has 2 fully saturated rings. The highest BCUT2D eigenvalue weighted by atomic mass is 19.3. The van der Waals surface area contributed by atoms with Crippen LogP contribution in [-0.2, 0) is 31.5 Å². The quantitative estimate of drug-likeness (QED) is 0.350. The molecular weight excluding hydrogens is 587 g/mol. The average molecular weight is 630 g/mol. The molecule has 1 heterocycles. The van der Waals surface area contributed by atoms with E-state index in [0.717, 1.165) is 31.4 Å². The molecule has 45 heavy (non-hydrogen) atoms. The van der Waals surface area contributed by atoms with Crippen molar-refractivity contribution in [2.45, 2.75) is 69.9 Å². The van der Waals surface area contributed by atoms with Gasteiger partial charge < -0.3 is 25.8 Å². The predicted molar refractivity (Wildman–Crippen MR) is 164 cm³/mol. The Kier molecular flexibility index (Phi) is 11.6. The fourth-order valence-electron chi connectivity index (χ4n) is 5.85. The number of likely N-dealkylation sites (N-methyl/N-ethyl adjacent to an activating group) is 1. The first kappa shape index (κ1) is 34.0. The monoisotopic (exact) mass is 629 g/mol. The zero-order valence-corrected chi connectivity index (χ0v) is 25.8. The van der Waals surface area contributed by atoms with Crippen molar-refractivity contribution in [3.8, 4) is 0 Å². The summed E-state index contributed by atoms with van der Waals surface area (Å²) in [4.78, 5) is 55.5. The Balaban J connectivity index is 1.48. The van der Waals surface area contributed by atoms with Crippen LogP contribution in [0.5, 0.6) is 0 Å². The number of rotatable bonds is 11. The van der Waals surface area contributed by atoms with E-state index in [1.54, 1.807) is 24.0 Å². The highest BCUT2D eigenvalue weighted by molar-refractivity contribution is 5.98. The summed E-state index contributed by atoms with van der Waals surface area (Å²) in [6.07, 6.45) is 3.84. The molecule has 2 aliphatic rings. The van der Waals surface area contributed by atoms with Crippen LogP contribution in [0, 0.1) is 11.7 Å². The molecular formula is C33H42F3N5O4. The van der Waals surface area contributed by atoms with E-state index in [4.69, 9.17) is 0 Å². The number of piperazine rings is 1. The Labute approximate surface area is 261 Å². The first-order valence-corrected chi connectivity index (χ1v) is 15.6. The molecule has 2 aromatic rings. The molecule has 3 N–H and O–H groups in total. The highest BCUT2D eigenvalue weighted by Crippen LogP contribution is 2.31. The van der Waals surface area contributed by atoms with Crippen LogP contribution in [0.25, 0.3) is 0 Å². The summed E-state index contributed by atoms with van der Waals surface area (Å²) in [6.45, 7) is 4.12. The van der Waals surface area contributed by atoms with Gasteiger partial charge in [0.2, 0.25) is 17.7 Å². The maximum Gasteiger partial charge on any atom is 0.349 e. The lowest BCUT2D eigenvalue weighted by Crippen LogP contribution is -2.54. The van der Waals surface area contributed by atoms with Crippen LogP contribution >= 0.6 is 0 Å². The Hall–Kier alpha value is -3.93. The van der Waals surface area contributed by atoms with Crippen molar-refractivity contribution in [2.75, 3.05) is 38.5 Å². The number of nitrogens with zero attached hydrogens (tertiary/aromatic N) is 2. The van der Waals surface area contributed by atoms with Gasteiger partial charge in [-0.05, 0) is 43.5 Å². The average Bonchev–Trinajstić information content (AvgIpc) is 3.05. The third kappa shape index (κ3) is 8.84. The SMILES string of the molecule is CCC(=O)N[C@H](Cc1ccc(NC(=O)[C@@H](NC(=O)C(F)(F)c2ccccc2)C2CCCCC2)c(F)c1)C(=O)N1CCN(C)CC1. The van der Waals surface area contributed by atoms with Gasteiger partial charge in [-0.3, -0.25) is 19.2 Å². The van der Waals surface area contributed by atoms with Gasteiger partial charge in [0, 0.05) is 44.6 Å². The first-order chi connectivity index (χ1) is 21.5. The normalized spacial score (nSPS) is 17.7. The molecule has 0 aromatic heterocycles. The van der Waals surface area contributed by atoms with Gasteiger partial charge >= 0.3 is 5.92 Å². The van der Waals surface area contributed by atoms with Gasteiger partial charge in [0.15, 0.2) is 0 Å². The van der Waals surface area contributed by atoms with Crippen LogP contribution < -0.4 is 16.0 Å². The molecule has 2 aromatic carbocycles. The third-order valence-corrected chi connectivity index (χ3v) is 8.61. The number of benzene rings is 2. The van der Waals surface area contributed by atoms with Gasteiger partial charge in [-0.2, -0.15) is 8.78 Å². The van der Waals surface area contributed by atoms with Gasteiger partial charge in [-0.25, -0.2) is 4.39 Å². The third-order valence-electron chi connectivity index (χ3n) is 8.61. The summed E-state index contributed by atoms with van der Waals surface area (Å²) in [5.41, 5.74) is -0.256. The van der Waals surface area contributed by atoms with E-state index in [1.807, 2.05) is 7.05 Å². The Morgan fingerprint density at radius 3 is 2.22 bits per heavy atom. The van der Waals surface area contributed by atoms with E-state index in [9.17, 15) is 19.2 Å². The molecule has 12 heteroatoms. The Morgan fingerprint density at radius 2 is 1.60 bits per heavy atom. The number of halogens is 3. The van der Waals surface area contributed by atoms with Crippen molar-refractivity contribution in [2.24, 2.45) is 5.92 Å². The van der Waals surface area contributed by atoms with Crippen molar-refractivity contribution < 1.29 is 32.3 Å². The molecule has 9 nitrogen and oxygen atoms in total. The largest absolute Gasteiger partial charge is 0.349 e. The number of hydrogen-bond donors (Lipinski definition) is 3. The van der Waals surface area contributed by atoms with Crippen LogP contribution in [0.2, 0.25) is 0 Å². The minimum atomic E-state index is -3.87. The molecule has 1 aliphatic carbocycles. The Bertz CT molecular complexity index is 1350. The lowest BCUT2D eigenvalue weighted by atomic mass is 9.83. The van der Waals surface area contributed by atoms with Crippen LogP contribution in [0.4, 0.5) is 18.9 Å². The number of carbonyl (C=O) groups excluding carboxylic acids is 4. The van der Waals surface area contributed by atoms with Gasteiger partial charge in [0.1, 0.15) is 17.9 Å². The standard InChI is InChI=1S/C33H42F3N5O4/c1-3-28(42)37-27(31(44)41-18-16-40(2)17-19-41)21-22-14-15-26(25(34)20-22)38-30(43)29(23-10-6-4-7-11-23)39-32(45)33(35,36)24-12-8-5-9-13-24/h5,8-9,12-15,20,23,27,29H,3-4,6-7,10-11,16-19,21H2,1-2H3,(H,37,42)(H,38,43)(H,39,45)/t27-,29+/m1/s1. The predicted octanol–water partition coefficient (Wildman–Crippen LogP) is 3.83. The minimum absolute atomic E-state index is 0.0391. The molecule has 4 rings (SSSR count). The second kappa shape index (κ2) is 15.4. The van der Waals surface area contributed by atoms with Crippen molar-refractivity contribution in [1.82, 2.24) is 20.4 Å². The number of alkyl halides is 2. The molecule has 244 valence electrons. The van der Waals surface area contributed by atoms with E-state index in [2.05, 4.69) is 20.9 Å². The van der Waals surface area contributed by atoms with E-state index in [-0.39, 0.29) is 36.3 Å². The van der Waals surface area contributed by atoms with Crippen LogP contribution in [0.3, 0.4) is 0 Å². The summed E-state index contributed by atoms with van der Waals surface area (Å²) in [5, 5.41) is 7.49. The summed E-state index contributed by atoms with van der Waals surface area (Å²) >= 11 is 0. The number of amides is 4. The van der Waals surface area contributed by atoms with E-state index in [1.165, 1.54) is 24.3 Å². The molecule has 1 saturated heterocycles. The van der Waals surface area contributed by atoms with E-state index < -0.39 is 41.2 Å². The molecule has 4 amide bonds. The summed E-state index contributed by atoms with van der Waals surface area (Å²) in [6, 6.07) is 8.51. The maximum absolute atomic E-state index is 15.4. The van der Waals surface area contributed by atoms with Crippen LogP contribution in [0.15, 0.2) is 48.5 Å². The zero-order chi connectivity index (χ0) is 32.6. The van der Waals surface area contributed by atoms with E-state index in [0.29, 0.717) is 44.6 Å². The molecule has 0 unspecified atom stereocenters. The highest BCUT2D eigenvalue weighted by Gasteiger charge is 2.44. The number of hydrogen-bond acceptors (Lipinski definition) is 5. The Morgan fingerprint density at radius 1 is 0.933 bits per heavy atom. The summed E-state index contributed by atoms with van der Waals surface area (Å²) in [5.74, 6) is -7.99. The van der Waals surface area contributed by atoms with Crippen LogP contribution in [0.1, 0.15) is 56.6 Å². The lowest BCUT2D eigenvalue weighted by Gasteiger charge is -2.34. The fraction of sp³-hybridized carbons (Fsp3) is 0.515. The van der Waals surface area contributed by atoms with Gasteiger partial charge in [0.25, 0.3) is 5.91 Å². The topological polar surface area (TPSA) is 111 Å². The summed E-state index contributed by atoms with van der Waals surface area (Å²) < 4.78 is 45.4. The molecule has 2 atom stereocenters. The second-order valence-corrected chi connectivity index (χ2v) is 11.9. The van der Waals surface area contributed by atoms with E-state index >= 15 is 13.2 Å². The van der Waals surface area contributed by atoms with Gasteiger partial charge in [0.05, 0.1) is 5.69 Å². The van der Waals surface area contributed by atoms with Gasteiger partial charge in [-0.15, -0.1) is 0 Å². The first-order valence-electron chi connectivity index (χ1n) is 15.6. The molecule has 0 bridgehead atoms. The minimum Gasteiger partial charge on any atom is -0.344 e. The van der Waals surface area contributed by atoms with Crippen molar-refractivity contribution in [1.29, 1.82) is 0 Å². The van der Waals surface area contributed by atoms with Crippen molar-refractivity contribution >= 4 is 29.3 Å². The molecule has 0 spiro atoms. The molecule has 1 aliphatic heterocycles. The van der Waals surface area contributed by atoms with Crippen molar-refractivity contribution in [3.63, 3.8) is 0 Å². The number of nitrogens with one attached hydrogen (secondary N) is 3. The zero-order valence-electron chi connectivity index (χ0n) is 25.8. The number of anilines is 1. The fourth-order valence-corrected chi connectivity index (χ4v) is 5.85. The summed E-state index contributed by atoms with van der Waals surface area (Å²) in [7, 11) is 1.96. The molecule has 1 saturated carbocycles. The maximum atomic E-state index is 15.4. The van der Waals surface area contributed by atoms with Crippen molar-refractivity contribution in [3.05, 3.63) is 65.5 Å². The second-order valence-electron chi connectivity index (χ2n) is 11.9.